The minimum atomic E-state index is 0.532. The number of hydrogen-bond acceptors (Lipinski definition) is 0. The number of unbranched alkanes of at least 4 members (excludes halogenated alkanes) is 1. The third kappa shape index (κ3) is 4.88. The van der Waals surface area contributed by atoms with Gasteiger partial charge in [-0.05, 0) is 37.7 Å². The Bertz CT molecular complexity index is 296. The van der Waals surface area contributed by atoms with Gasteiger partial charge in [0.25, 0.3) is 0 Å². The van der Waals surface area contributed by atoms with Crippen molar-refractivity contribution in [2.45, 2.75) is 46.5 Å². The molecule has 0 amide bonds. The van der Waals surface area contributed by atoms with Gasteiger partial charge in [-0.15, -0.1) is 0 Å². The summed E-state index contributed by atoms with van der Waals surface area (Å²) >= 11 is 0. The Balaban J connectivity index is 2.31. The van der Waals surface area contributed by atoms with Crippen LogP contribution in [0.2, 0.25) is 0 Å². The van der Waals surface area contributed by atoms with Crippen LogP contribution < -0.4 is 0 Å². The van der Waals surface area contributed by atoms with E-state index in [1.165, 1.54) is 24.8 Å². The summed E-state index contributed by atoms with van der Waals surface area (Å²) < 4.78 is 0. The highest BCUT2D eigenvalue weighted by Gasteiger charge is 2.12. The molecule has 0 saturated carbocycles. The first kappa shape index (κ1) is 12.1. The van der Waals surface area contributed by atoms with E-state index in [2.05, 4.69) is 50.8 Å². The van der Waals surface area contributed by atoms with Crippen LogP contribution in [0, 0.1) is 23.7 Å². The highest BCUT2D eigenvalue weighted by molar-refractivity contribution is 5.27. The zero-order valence-corrected chi connectivity index (χ0v) is 10.2. The van der Waals surface area contributed by atoms with Crippen LogP contribution >= 0.6 is 0 Å². The lowest BCUT2D eigenvalue weighted by molar-refractivity contribution is 0.494. The first-order valence-electron chi connectivity index (χ1n) is 6.07. The van der Waals surface area contributed by atoms with Gasteiger partial charge in [0.2, 0.25) is 0 Å². The Hall–Kier alpha value is -0.960. The average Bonchev–Trinajstić information content (AvgIpc) is 2.17. The first-order valence-corrected chi connectivity index (χ1v) is 6.07. The molecule has 0 aromatic carbocycles. The lowest BCUT2D eigenvalue weighted by Gasteiger charge is -2.18. The van der Waals surface area contributed by atoms with Gasteiger partial charge in [0.1, 0.15) is 0 Å². The van der Waals surface area contributed by atoms with Crippen molar-refractivity contribution in [2.24, 2.45) is 11.8 Å². The molecule has 0 heterocycles. The van der Waals surface area contributed by atoms with Crippen LogP contribution in [0.4, 0.5) is 0 Å². The van der Waals surface area contributed by atoms with Crippen molar-refractivity contribution in [3.8, 4) is 11.8 Å². The second kappa shape index (κ2) is 6.51. The van der Waals surface area contributed by atoms with Crippen molar-refractivity contribution >= 4 is 0 Å². The van der Waals surface area contributed by atoms with E-state index in [-0.39, 0.29) is 0 Å². The van der Waals surface area contributed by atoms with E-state index in [1.54, 1.807) is 0 Å². The summed E-state index contributed by atoms with van der Waals surface area (Å²) in [5, 5.41) is 0. The van der Waals surface area contributed by atoms with Crippen LogP contribution in [-0.2, 0) is 0 Å². The van der Waals surface area contributed by atoms with Crippen LogP contribution in [0.1, 0.15) is 46.5 Å². The highest BCUT2D eigenvalue weighted by Crippen LogP contribution is 2.24. The van der Waals surface area contributed by atoms with Gasteiger partial charge in [-0.1, -0.05) is 50.3 Å². The van der Waals surface area contributed by atoms with E-state index >= 15 is 0 Å². The van der Waals surface area contributed by atoms with Gasteiger partial charge in [-0.2, -0.15) is 0 Å². The molecule has 1 rings (SSSR count). The SMILES string of the molecule is CCCC=C(C)C#CC(C)CC1C=CC1. The van der Waals surface area contributed by atoms with E-state index in [0.717, 1.165) is 12.3 Å². The Morgan fingerprint density at radius 2 is 2.33 bits per heavy atom. The lowest BCUT2D eigenvalue weighted by atomic mass is 9.87. The number of allylic oxidation sites excluding steroid dienone is 4. The molecule has 2 unspecified atom stereocenters. The maximum atomic E-state index is 3.34. The molecule has 0 spiro atoms. The molecular weight excluding hydrogens is 180 g/mol. The van der Waals surface area contributed by atoms with E-state index in [4.69, 9.17) is 0 Å². The fourth-order valence-corrected chi connectivity index (χ4v) is 1.67. The van der Waals surface area contributed by atoms with Crippen molar-refractivity contribution in [3.05, 3.63) is 23.8 Å². The monoisotopic (exact) mass is 202 g/mol. The summed E-state index contributed by atoms with van der Waals surface area (Å²) in [5.74, 6) is 7.93. The van der Waals surface area contributed by atoms with Crippen molar-refractivity contribution in [1.82, 2.24) is 0 Å². The Labute approximate surface area is 94.5 Å². The molecule has 0 N–H and O–H groups in total. The molecule has 1 aliphatic carbocycles. The molecule has 0 bridgehead atoms. The third-order valence-corrected chi connectivity index (χ3v) is 2.76. The minimum Gasteiger partial charge on any atom is -0.0951 e. The predicted molar refractivity (Wildman–Crippen MR) is 67.5 cm³/mol. The van der Waals surface area contributed by atoms with Crippen LogP contribution in [0.3, 0.4) is 0 Å². The molecule has 15 heavy (non-hydrogen) atoms. The normalized spacial score (nSPS) is 21.5. The van der Waals surface area contributed by atoms with E-state index < -0.39 is 0 Å². The van der Waals surface area contributed by atoms with Crippen LogP contribution in [0.25, 0.3) is 0 Å². The Kier molecular flexibility index (Phi) is 5.26. The molecule has 0 aromatic heterocycles. The van der Waals surface area contributed by atoms with Crippen molar-refractivity contribution in [1.29, 1.82) is 0 Å². The molecule has 0 aliphatic heterocycles. The first-order chi connectivity index (χ1) is 7.22. The molecular formula is C15H22. The topological polar surface area (TPSA) is 0 Å². The lowest BCUT2D eigenvalue weighted by Crippen LogP contribution is -2.07. The van der Waals surface area contributed by atoms with E-state index in [1.807, 2.05) is 0 Å². The smallest absolute Gasteiger partial charge is 0.0183 e. The molecule has 82 valence electrons. The third-order valence-electron chi connectivity index (χ3n) is 2.76. The summed E-state index contributed by atoms with van der Waals surface area (Å²) in [6, 6.07) is 0. The van der Waals surface area contributed by atoms with Crippen molar-refractivity contribution in [3.63, 3.8) is 0 Å². The van der Waals surface area contributed by atoms with Gasteiger partial charge < -0.3 is 0 Å². The van der Waals surface area contributed by atoms with Gasteiger partial charge in [-0.3, -0.25) is 0 Å². The predicted octanol–water partition coefficient (Wildman–Crippen LogP) is 4.34. The van der Waals surface area contributed by atoms with Crippen LogP contribution in [0.15, 0.2) is 23.8 Å². The van der Waals surface area contributed by atoms with Crippen LogP contribution in [-0.4, -0.2) is 0 Å². The van der Waals surface area contributed by atoms with E-state index in [0.29, 0.717) is 5.92 Å². The van der Waals surface area contributed by atoms with Crippen molar-refractivity contribution in [2.75, 3.05) is 0 Å². The van der Waals surface area contributed by atoms with Gasteiger partial charge >= 0.3 is 0 Å². The molecule has 2 atom stereocenters. The van der Waals surface area contributed by atoms with Gasteiger partial charge in [-0.25, -0.2) is 0 Å². The van der Waals surface area contributed by atoms with Gasteiger partial charge in [0, 0.05) is 5.92 Å². The summed E-state index contributed by atoms with van der Waals surface area (Å²) in [6.45, 7) is 6.54. The van der Waals surface area contributed by atoms with Crippen LogP contribution in [0.5, 0.6) is 0 Å². The molecule has 0 radical (unpaired) electrons. The standard InChI is InChI=1S/C15H22/c1-4-5-7-13(2)10-11-14(3)12-15-8-6-9-15/h6-8,14-15H,4-5,9,12H2,1-3H3. The fraction of sp³-hybridized carbons (Fsp3) is 0.600. The highest BCUT2D eigenvalue weighted by atomic mass is 14.2. The second-order valence-corrected chi connectivity index (χ2v) is 4.51. The largest absolute Gasteiger partial charge is 0.0951 e. The summed E-state index contributed by atoms with van der Waals surface area (Å²) in [7, 11) is 0. The molecule has 0 nitrogen and oxygen atoms in total. The maximum Gasteiger partial charge on any atom is 0.0183 e. The molecule has 1 aliphatic rings. The zero-order chi connectivity index (χ0) is 11.1. The molecule has 0 aromatic rings. The number of hydrogen-bond donors (Lipinski definition) is 0. The van der Waals surface area contributed by atoms with Gasteiger partial charge in [0.05, 0.1) is 0 Å². The van der Waals surface area contributed by atoms with Crippen molar-refractivity contribution < 1.29 is 0 Å². The van der Waals surface area contributed by atoms with Gasteiger partial charge in [0.15, 0.2) is 0 Å². The fourth-order valence-electron chi connectivity index (χ4n) is 1.67. The summed E-state index contributed by atoms with van der Waals surface area (Å²) in [5.41, 5.74) is 1.23. The maximum absolute atomic E-state index is 3.34. The Morgan fingerprint density at radius 3 is 2.87 bits per heavy atom. The molecule has 0 heteroatoms. The zero-order valence-electron chi connectivity index (χ0n) is 10.2. The average molecular weight is 202 g/mol. The molecule has 0 saturated heterocycles. The summed E-state index contributed by atoms with van der Waals surface area (Å²) in [6.07, 6.45) is 11.6. The Morgan fingerprint density at radius 1 is 1.60 bits per heavy atom. The second-order valence-electron chi connectivity index (χ2n) is 4.51. The van der Waals surface area contributed by atoms with E-state index in [9.17, 15) is 0 Å². The number of rotatable bonds is 4. The quantitative estimate of drug-likeness (QED) is 0.470. The summed E-state index contributed by atoms with van der Waals surface area (Å²) in [4.78, 5) is 0. The minimum absolute atomic E-state index is 0.532. The molecule has 0 fully saturated rings.